The second kappa shape index (κ2) is 6.87. The van der Waals surface area contributed by atoms with Gasteiger partial charge in [0.2, 0.25) is 0 Å². The van der Waals surface area contributed by atoms with E-state index in [1.54, 1.807) is 0 Å². The monoisotopic (exact) mass is 284 g/mol. The van der Waals surface area contributed by atoms with Crippen molar-refractivity contribution in [2.45, 2.75) is 50.6 Å². The van der Waals surface area contributed by atoms with Crippen molar-refractivity contribution in [2.75, 3.05) is 33.4 Å². The zero-order valence-corrected chi connectivity index (χ0v) is 12.7. The quantitative estimate of drug-likeness (QED) is 0.738. The third-order valence-corrected chi connectivity index (χ3v) is 5.05. The Hall–Kier alpha value is -0.650. The first-order valence-corrected chi connectivity index (χ1v) is 7.86. The molecule has 0 aromatic carbocycles. The van der Waals surface area contributed by atoms with Crippen LogP contribution in [0.3, 0.4) is 0 Å². The molecule has 20 heavy (non-hydrogen) atoms. The number of carboxylic acid groups (broad SMARTS) is 1. The second-order valence-electron chi connectivity index (χ2n) is 6.18. The molecule has 3 atom stereocenters. The molecule has 5 heteroatoms. The highest BCUT2D eigenvalue weighted by Gasteiger charge is 2.48. The van der Waals surface area contributed by atoms with Crippen LogP contribution >= 0.6 is 0 Å². The summed E-state index contributed by atoms with van der Waals surface area (Å²) in [5.74, 6) is -0.432. The summed E-state index contributed by atoms with van der Waals surface area (Å²) in [5, 5.41) is 12.9. The van der Waals surface area contributed by atoms with E-state index in [4.69, 9.17) is 4.74 Å². The highest BCUT2D eigenvalue weighted by Crippen LogP contribution is 2.38. The molecule has 3 unspecified atom stereocenters. The van der Waals surface area contributed by atoms with Crippen LogP contribution in [-0.2, 0) is 9.53 Å². The van der Waals surface area contributed by atoms with Crippen molar-refractivity contribution in [1.82, 2.24) is 10.2 Å². The molecule has 1 aliphatic carbocycles. The van der Waals surface area contributed by atoms with Crippen LogP contribution in [0.25, 0.3) is 0 Å². The maximum Gasteiger partial charge on any atom is 0.324 e. The molecule has 2 aliphatic rings. The van der Waals surface area contributed by atoms with Crippen molar-refractivity contribution in [2.24, 2.45) is 5.92 Å². The summed E-state index contributed by atoms with van der Waals surface area (Å²) in [6.07, 6.45) is 4.84. The van der Waals surface area contributed by atoms with Gasteiger partial charge in [0.15, 0.2) is 0 Å². The highest BCUT2D eigenvalue weighted by molar-refractivity contribution is 5.79. The molecule has 0 radical (unpaired) electrons. The summed E-state index contributed by atoms with van der Waals surface area (Å²) in [6.45, 7) is 5.34. The number of carbonyl (C=O) groups is 1. The van der Waals surface area contributed by atoms with E-state index in [0.29, 0.717) is 6.04 Å². The first kappa shape index (κ1) is 15.7. The molecular weight excluding hydrogens is 256 g/mol. The number of likely N-dealkylation sites (N-methyl/N-ethyl adjacent to an activating group) is 2. The van der Waals surface area contributed by atoms with E-state index in [1.807, 2.05) is 6.92 Å². The van der Waals surface area contributed by atoms with Gasteiger partial charge in [-0.15, -0.1) is 0 Å². The molecule has 0 aromatic rings. The van der Waals surface area contributed by atoms with Crippen molar-refractivity contribution in [3.8, 4) is 0 Å². The number of ether oxygens (including phenoxy) is 1. The Bertz CT molecular complexity index is 331. The molecule has 116 valence electrons. The van der Waals surface area contributed by atoms with Crippen LogP contribution in [0.1, 0.15) is 39.0 Å². The third kappa shape index (κ3) is 3.15. The number of nitrogens with zero attached hydrogens (tertiary/aromatic N) is 1. The largest absolute Gasteiger partial charge is 0.480 e. The third-order valence-electron chi connectivity index (χ3n) is 5.05. The van der Waals surface area contributed by atoms with Gasteiger partial charge in [0.05, 0.1) is 6.61 Å². The molecule has 2 N–H and O–H groups in total. The fourth-order valence-corrected chi connectivity index (χ4v) is 3.79. The number of hydrogen-bond donors (Lipinski definition) is 2. The lowest BCUT2D eigenvalue weighted by atomic mass is 9.84. The Morgan fingerprint density at radius 2 is 2.30 bits per heavy atom. The zero-order chi connectivity index (χ0) is 14.6. The predicted octanol–water partition coefficient (Wildman–Crippen LogP) is 1.33. The highest BCUT2D eigenvalue weighted by atomic mass is 16.5. The summed E-state index contributed by atoms with van der Waals surface area (Å²) in [4.78, 5) is 14.1. The summed E-state index contributed by atoms with van der Waals surface area (Å²) < 4.78 is 5.42. The molecule has 1 heterocycles. The van der Waals surface area contributed by atoms with E-state index in [9.17, 15) is 9.90 Å². The van der Waals surface area contributed by atoms with Gasteiger partial charge in [-0.1, -0.05) is 13.3 Å². The van der Waals surface area contributed by atoms with Crippen LogP contribution in [0.5, 0.6) is 0 Å². The Kier molecular flexibility index (Phi) is 5.41. The topological polar surface area (TPSA) is 61.8 Å². The van der Waals surface area contributed by atoms with Crippen molar-refractivity contribution in [3.63, 3.8) is 0 Å². The molecule has 2 rings (SSSR count). The Morgan fingerprint density at radius 1 is 1.50 bits per heavy atom. The summed E-state index contributed by atoms with van der Waals surface area (Å²) in [7, 11) is 2.13. The van der Waals surface area contributed by atoms with E-state index in [-0.39, 0.29) is 5.92 Å². The van der Waals surface area contributed by atoms with E-state index in [2.05, 4.69) is 17.3 Å². The molecule has 1 aliphatic heterocycles. The fourth-order valence-electron chi connectivity index (χ4n) is 3.79. The SMILES string of the molecule is CCNC1(C(=O)O)CCCC1CCN(C)C1CCOC1. The normalized spacial score (nSPS) is 34.0. The Labute approximate surface area is 121 Å². The number of aliphatic carboxylic acids is 1. The fraction of sp³-hybridized carbons (Fsp3) is 0.933. The van der Waals surface area contributed by atoms with Crippen LogP contribution in [-0.4, -0.2) is 60.9 Å². The molecule has 1 saturated heterocycles. The minimum absolute atomic E-state index is 0.240. The molecule has 0 bridgehead atoms. The van der Waals surface area contributed by atoms with Crippen LogP contribution in [0.2, 0.25) is 0 Å². The standard InChI is InChI=1S/C15H28N2O3/c1-3-16-15(14(18)19)8-4-5-12(15)6-9-17(2)13-7-10-20-11-13/h12-13,16H,3-11H2,1-2H3,(H,18,19). The second-order valence-corrected chi connectivity index (χ2v) is 6.18. The maximum absolute atomic E-state index is 11.7. The number of carboxylic acids is 1. The predicted molar refractivity (Wildman–Crippen MR) is 77.9 cm³/mol. The van der Waals surface area contributed by atoms with Gasteiger partial charge in [0.25, 0.3) is 0 Å². The molecule has 5 nitrogen and oxygen atoms in total. The molecule has 0 aromatic heterocycles. The molecule has 0 amide bonds. The Morgan fingerprint density at radius 3 is 2.90 bits per heavy atom. The van der Waals surface area contributed by atoms with Crippen molar-refractivity contribution >= 4 is 5.97 Å². The van der Waals surface area contributed by atoms with Crippen molar-refractivity contribution < 1.29 is 14.6 Å². The van der Waals surface area contributed by atoms with Gasteiger partial charge in [-0.05, 0) is 51.7 Å². The lowest BCUT2D eigenvalue weighted by molar-refractivity contribution is -0.146. The number of hydrogen-bond acceptors (Lipinski definition) is 4. The van der Waals surface area contributed by atoms with E-state index < -0.39 is 11.5 Å². The summed E-state index contributed by atoms with van der Waals surface area (Å²) in [6, 6.07) is 0.509. The van der Waals surface area contributed by atoms with Crippen LogP contribution in [0, 0.1) is 5.92 Å². The molecule has 0 spiro atoms. The van der Waals surface area contributed by atoms with Gasteiger partial charge in [-0.2, -0.15) is 0 Å². The number of nitrogens with one attached hydrogen (secondary N) is 1. The zero-order valence-electron chi connectivity index (χ0n) is 12.7. The Balaban J connectivity index is 1.91. The molecule has 1 saturated carbocycles. The van der Waals surface area contributed by atoms with E-state index in [1.165, 1.54) is 0 Å². The van der Waals surface area contributed by atoms with Crippen LogP contribution in [0.15, 0.2) is 0 Å². The smallest absolute Gasteiger partial charge is 0.324 e. The van der Waals surface area contributed by atoms with Crippen molar-refractivity contribution in [3.05, 3.63) is 0 Å². The van der Waals surface area contributed by atoms with Gasteiger partial charge in [0.1, 0.15) is 5.54 Å². The summed E-state index contributed by atoms with van der Waals surface area (Å²) >= 11 is 0. The van der Waals surface area contributed by atoms with Gasteiger partial charge >= 0.3 is 5.97 Å². The maximum atomic E-state index is 11.7. The molecular formula is C15H28N2O3. The van der Waals surface area contributed by atoms with Gasteiger partial charge < -0.3 is 20.1 Å². The lowest BCUT2D eigenvalue weighted by Crippen LogP contribution is -2.55. The van der Waals surface area contributed by atoms with E-state index >= 15 is 0 Å². The first-order valence-electron chi connectivity index (χ1n) is 7.86. The average molecular weight is 284 g/mol. The lowest BCUT2D eigenvalue weighted by Gasteiger charge is -2.34. The van der Waals surface area contributed by atoms with Gasteiger partial charge in [-0.25, -0.2) is 0 Å². The molecule has 2 fully saturated rings. The van der Waals surface area contributed by atoms with Crippen LogP contribution in [0.4, 0.5) is 0 Å². The minimum atomic E-state index is -0.693. The van der Waals surface area contributed by atoms with Gasteiger partial charge in [0, 0.05) is 12.6 Å². The minimum Gasteiger partial charge on any atom is -0.480 e. The average Bonchev–Trinajstić information content (AvgIpc) is 3.06. The van der Waals surface area contributed by atoms with Crippen molar-refractivity contribution in [1.29, 1.82) is 0 Å². The van der Waals surface area contributed by atoms with Gasteiger partial charge in [-0.3, -0.25) is 4.79 Å². The summed E-state index contributed by atoms with van der Waals surface area (Å²) in [5.41, 5.74) is -0.693. The van der Waals surface area contributed by atoms with E-state index in [0.717, 1.165) is 58.4 Å². The first-order chi connectivity index (χ1) is 9.60. The number of rotatable bonds is 7. The van der Waals surface area contributed by atoms with Crippen LogP contribution < -0.4 is 5.32 Å².